The molecule has 1 aliphatic heterocycles. The molecule has 1 fully saturated rings. The Kier molecular flexibility index (Phi) is 5.01. The summed E-state index contributed by atoms with van der Waals surface area (Å²) in [4.78, 5) is 2.65. The molecule has 5 nitrogen and oxygen atoms in total. The molecule has 112 valence electrons. The Morgan fingerprint density at radius 3 is 2.50 bits per heavy atom. The molecular formula is C14H23N3O2S. The lowest BCUT2D eigenvalue weighted by atomic mass is 10.2. The molecule has 1 saturated heterocycles. The molecule has 1 aromatic carbocycles. The van der Waals surface area contributed by atoms with E-state index < -0.39 is 10.0 Å². The smallest absolute Gasteiger partial charge is 0.240 e. The van der Waals surface area contributed by atoms with Crippen molar-refractivity contribution in [2.24, 2.45) is 0 Å². The molecule has 6 heteroatoms. The van der Waals surface area contributed by atoms with Crippen LogP contribution < -0.4 is 14.9 Å². The normalized spacial score (nSPS) is 19.2. The Morgan fingerprint density at radius 2 is 2.00 bits per heavy atom. The molecule has 1 unspecified atom stereocenters. The molecule has 1 heterocycles. The second-order valence-corrected chi connectivity index (χ2v) is 6.69. The molecule has 0 aliphatic carbocycles. The summed E-state index contributed by atoms with van der Waals surface area (Å²) in [5.41, 5.74) is 1.08. The summed E-state index contributed by atoms with van der Waals surface area (Å²) in [5.74, 6) is 0. The summed E-state index contributed by atoms with van der Waals surface area (Å²) in [7, 11) is -3.36. The highest BCUT2D eigenvalue weighted by molar-refractivity contribution is 7.89. The summed E-state index contributed by atoms with van der Waals surface area (Å²) in [6.07, 6.45) is 1.13. The number of hydrogen-bond donors (Lipinski definition) is 2. The van der Waals surface area contributed by atoms with E-state index in [-0.39, 0.29) is 0 Å². The fraction of sp³-hybridized carbons (Fsp3) is 0.571. The Hall–Kier alpha value is -1.11. The monoisotopic (exact) mass is 297 g/mol. The van der Waals surface area contributed by atoms with Crippen molar-refractivity contribution < 1.29 is 8.42 Å². The standard InChI is InChI=1S/C14H23N3O2S/c1-3-16-20(18,19)14-7-5-12(6-8-14)17(4-2)13-9-10-15-11-13/h5-8,13,15-16H,3-4,9-11H2,1-2H3. The zero-order valence-electron chi connectivity index (χ0n) is 12.1. The van der Waals surface area contributed by atoms with Crippen LogP contribution in [0.25, 0.3) is 0 Å². The van der Waals surface area contributed by atoms with Gasteiger partial charge in [-0.15, -0.1) is 0 Å². The average molecular weight is 297 g/mol. The molecule has 1 atom stereocenters. The predicted octanol–water partition coefficient (Wildman–Crippen LogP) is 1.17. The highest BCUT2D eigenvalue weighted by Crippen LogP contribution is 2.22. The number of nitrogens with zero attached hydrogens (tertiary/aromatic N) is 1. The molecule has 0 amide bonds. The van der Waals surface area contributed by atoms with E-state index in [1.165, 1.54) is 0 Å². The molecule has 1 aromatic rings. The first-order valence-corrected chi connectivity index (χ1v) is 8.64. The SMILES string of the molecule is CCNS(=O)(=O)c1ccc(N(CC)C2CCNC2)cc1. The van der Waals surface area contributed by atoms with Crippen LogP contribution in [0.15, 0.2) is 29.2 Å². The third kappa shape index (κ3) is 3.31. The Balaban J connectivity index is 2.18. The van der Waals surface area contributed by atoms with E-state index in [9.17, 15) is 8.42 Å². The number of likely N-dealkylation sites (N-methyl/N-ethyl adjacent to an activating group) is 1. The first-order valence-electron chi connectivity index (χ1n) is 7.15. The number of hydrogen-bond acceptors (Lipinski definition) is 4. The second kappa shape index (κ2) is 6.56. The van der Waals surface area contributed by atoms with Crippen LogP contribution in [0.4, 0.5) is 5.69 Å². The van der Waals surface area contributed by atoms with Crippen LogP contribution in [0.3, 0.4) is 0 Å². The van der Waals surface area contributed by atoms with Crippen molar-refractivity contribution in [2.75, 3.05) is 31.1 Å². The van der Waals surface area contributed by atoms with Crippen LogP contribution in [-0.2, 0) is 10.0 Å². The molecule has 2 N–H and O–H groups in total. The third-order valence-electron chi connectivity index (χ3n) is 3.63. The molecule has 0 spiro atoms. The van der Waals surface area contributed by atoms with Gasteiger partial charge in [-0.05, 0) is 44.2 Å². The van der Waals surface area contributed by atoms with Gasteiger partial charge < -0.3 is 10.2 Å². The highest BCUT2D eigenvalue weighted by atomic mass is 32.2. The van der Waals surface area contributed by atoms with E-state index in [0.717, 1.165) is 31.7 Å². The van der Waals surface area contributed by atoms with E-state index in [4.69, 9.17) is 0 Å². The van der Waals surface area contributed by atoms with Crippen LogP contribution in [0.2, 0.25) is 0 Å². The van der Waals surface area contributed by atoms with Gasteiger partial charge in [0, 0.05) is 31.4 Å². The van der Waals surface area contributed by atoms with Gasteiger partial charge in [0.15, 0.2) is 0 Å². The second-order valence-electron chi connectivity index (χ2n) is 4.93. The van der Waals surface area contributed by atoms with Gasteiger partial charge in [-0.1, -0.05) is 6.92 Å². The fourth-order valence-corrected chi connectivity index (χ4v) is 3.69. The van der Waals surface area contributed by atoms with E-state index in [2.05, 4.69) is 21.9 Å². The summed E-state index contributed by atoms with van der Waals surface area (Å²) in [6.45, 7) is 7.27. The van der Waals surface area contributed by atoms with Gasteiger partial charge in [-0.25, -0.2) is 13.1 Å². The molecule has 20 heavy (non-hydrogen) atoms. The van der Waals surface area contributed by atoms with Gasteiger partial charge in [0.2, 0.25) is 10.0 Å². The zero-order chi connectivity index (χ0) is 14.6. The van der Waals surface area contributed by atoms with Crippen LogP contribution in [-0.4, -0.2) is 40.6 Å². The highest BCUT2D eigenvalue weighted by Gasteiger charge is 2.21. The van der Waals surface area contributed by atoms with Crippen molar-refractivity contribution in [1.82, 2.24) is 10.0 Å². The molecule has 0 aromatic heterocycles. The summed E-state index contributed by atoms with van der Waals surface area (Å²) >= 11 is 0. The molecular weight excluding hydrogens is 274 g/mol. The number of nitrogens with one attached hydrogen (secondary N) is 2. The molecule has 0 bridgehead atoms. The minimum absolute atomic E-state index is 0.323. The van der Waals surface area contributed by atoms with Crippen LogP contribution in [0.5, 0.6) is 0 Å². The quantitative estimate of drug-likeness (QED) is 0.827. The van der Waals surface area contributed by atoms with Crippen molar-refractivity contribution in [3.63, 3.8) is 0 Å². The van der Waals surface area contributed by atoms with Gasteiger partial charge in [0.05, 0.1) is 4.90 Å². The van der Waals surface area contributed by atoms with E-state index in [1.54, 1.807) is 19.1 Å². The minimum Gasteiger partial charge on any atom is -0.367 e. The van der Waals surface area contributed by atoms with E-state index in [1.807, 2.05) is 12.1 Å². The van der Waals surface area contributed by atoms with Gasteiger partial charge >= 0.3 is 0 Å². The zero-order valence-corrected chi connectivity index (χ0v) is 12.9. The van der Waals surface area contributed by atoms with Crippen LogP contribution in [0.1, 0.15) is 20.3 Å². The fourth-order valence-electron chi connectivity index (χ4n) is 2.65. The van der Waals surface area contributed by atoms with Gasteiger partial charge in [0.1, 0.15) is 0 Å². The molecule has 2 rings (SSSR count). The number of rotatable bonds is 6. The Bertz CT molecular complexity index is 522. The number of benzene rings is 1. The lowest BCUT2D eigenvalue weighted by molar-refractivity contribution is 0.584. The maximum Gasteiger partial charge on any atom is 0.240 e. The predicted molar refractivity (Wildman–Crippen MR) is 81.6 cm³/mol. The number of sulfonamides is 1. The first-order chi connectivity index (χ1) is 9.58. The molecule has 0 saturated carbocycles. The van der Waals surface area contributed by atoms with Crippen LogP contribution >= 0.6 is 0 Å². The summed E-state index contributed by atoms with van der Waals surface area (Å²) in [6, 6.07) is 7.64. The van der Waals surface area contributed by atoms with Crippen LogP contribution in [0, 0.1) is 0 Å². The van der Waals surface area contributed by atoms with Crippen molar-refractivity contribution in [3.8, 4) is 0 Å². The Labute approximate surface area is 121 Å². The van der Waals surface area contributed by atoms with E-state index in [0.29, 0.717) is 17.5 Å². The summed E-state index contributed by atoms with van der Waals surface area (Å²) < 4.78 is 26.3. The van der Waals surface area contributed by atoms with Crippen molar-refractivity contribution in [2.45, 2.75) is 31.2 Å². The largest absolute Gasteiger partial charge is 0.367 e. The Morgan fingerprint density at radius 1 is 1.30 bits per heavy atom. The van der Waals surface area contributed by atoms with Gasteiger partial charge in [0.25, 0.3) is 0 Å². The van der Waals surface area contributed by atoms with E-state index >= 15 is 0 Å². The lowest BCUT2D eigenvalue weighted by Gasteiger charge is -2.29. The first kappa shape index (κ1) is 15.3. The lowest BCUT2D eigenvalue weighted by Crippen LogP contribution is -2.36. The topological polar surface area (TPSA) is 61.4 Å². The van der Waals surface area contributed by atoms with Gasteiger partial charge in [-0.2, -0.15) is 0 Å². The molecule has 1 aliphatic rings. The molecule has 0 radical (unpaired) electrons. The maximum absolute atomic E-state index is 11.9. The maximum atomic E-state index is 11.9. The van der Waals surface area contributed by atoms with Crippen molar-refractivity contribution in [3.05, 3.63) is 24.3 Å². The van der Waals surface area contributed by atoms with Crippen molar-refractivity contribution >= 4 is 15.7 Å². The number of anilines is 1. The van der Waals surface area contributed by atoms with Gasteiger partial charge in [-0.3, -0.25) is 0 Å². The summed E-state index contributed by atoms with van der Waals surface area (Å²) in [5, 5.41) is 3.36. The third-order valence-corrected chi connectivity index (χ3v) is 5.19. The average Bonchev–Trinajstić information content (AvgIpc) is 2.94. The van der Waals surface area contributed by atoms with Crippen molar-refractivity contribution in [1.29, 1.82) is 0 Å². The minimum atomic E-state index is -3.36.